The molecule has 2 aliphatic rings. The summed E-state index contributed by atoms with van der Waals surface area (Å²) < 4.78 is 7.92. The van der Waals surface area contributed by atoms with Crippen molar-refractivity contribution in [1.82, 2.24) is 19.5 Å². The Kier molecular flexibility index (Phi) is 2.78. The van der Waals surface area contributed by atoms with Gasteiger partial charge in [0.25, 0.3) is 0 Å². The van der Waals surface area contributed by atoms with E-state index >= 15 is 0 Å². The Bertz CT molecular complexity index is 679. The van der Waals surface area contributed by atoms with E-state index in [2.05, 4.69) is 20.3 Å². The van der Waals surface area contributed by atoms with Crippen molar-refractivity contribution in [1.29, 1.82) is 0 Å². The van der Waals surface area contributed by atoms with Gasteiger partial charge in [-0.05, 0) is 25.2 Å². The molecule has 0 amide bonds. The number of nitrogens with one attached hydrogen (secondary N) is 1. The zero-order chi connectivity index (χ0) is 14.4. The largest absolute Gasteiger partial charge is 0.373 e. The van der Waals surface area contributed by atoms with Crippen LogP contribution in [0.1, 0.15) is 25.7 Å². The van der Waals surface area contributed by atoms with Crippen molar-refractivity contribution in [3.8, 4) is 0 Å². The van der Waals surface area contributed by atoms with E-state index in [4.69, 9.17) is 10.5 Å². The van der Waals surface area contributed by atoms with Gasteiger partial charge >= 0.3 is 0 Å². The molecule has 0 aromatic carbocycles. The maximum Gasteiger partial charge on any atom is 0.224 e. The fraction of sp³-hybridized carbons (Fsp3) is 0.643. The minimum Gasteiger partial charge on any atom is -0.373 e. The normalized spacial score (nSPS) is 28.1. The number of nitrogens with two attached hydrogens (primary N) is 1. The van der Waals surface area contributed by atoms with Gasteiger partial charge in [0, 0.05) is 13.6 Å². The number of rotatable bonds is 3. The van der Waals surface area contributed by atoms with Crippen LogP contribution in [0.3, 0.4) is 0 Å². The molecule has 2 fully saturated rings. The molecule has 7 heteroatoms. The number of nitrogen functional groups attached to an aromatic ring is 1. The Morgan fingerprint density at radius 1 is 1.52 bits per heavy atom. The van der Waals surface area contributed by atoms with Crippen molar-refractivity contribution in [3.05, 3.63) is 6.33 Å². The van der Waals surface area contributed by atoms with Gasteiger partial charge in [-0.1, -0.05) is 6.42 Å². The lowest BCUT2D eigenvalue weighted by atomic mass is 9.81. The Hall–Kier alpha value is -1.89. The molecule has 7 nitrogen and oxygen atoms in total. The second-order valence-corrected chi connectivity index (χ2v) is 6.27. The minimum absolute atomic E-state index is 0.0380. The number of ether oxygens (including phenoxy) is 1. The molecule has 112 valence electrons. The van der Waals surface area contributed by atoms with Crippen LogP contribution in [0, 0.1) is 5.92 Å². The highest BCUT2D eigenvalue weighted by molar-refractivity contribution is 5.84. The third kappa shape index (κ3) is 2.12. The van der Waals surface area contributed by atoms with Crippen molar-refractivity contribution in [2.45, 2.75) is 31.3 Å². The predicted octanol–water partition coefficient (Wildman–Crippen LogP) is 1.32. The van der Waals surface area contributed by atoms with Gasteiger partial charge in [0.15, 0.2) is 17.0 Å². The molecule has 0 spiro atoms. The molecular formula is C14H20N6O. The van der Waals surface area contributed by atoms with Crippen molar-refractivity contribution in [2.24, 2.45) is 13.0 Å². The molecule has 2 bridgehead atoms. The number of imidazole rings is 1. The van der Waals surface area contributed by atoms with Crippen LogP contribution in [0.4, 0.5) is 11.8 Å². The van der Waals surface area contributed by atoms with Gasteiger partial charge in [0.1, 0.15) is 0 Å². The van der Waals surface area contributed by atoms with Gasteiger partial charge in [-0.2, -0.15) is 9.97 Å². The maximum atomic E-state index is 6.07. The monoisotopic (exact) mass is 288 g/mol. The average Bonchev–Trinajstić information content (AvgIpc) is 2.98. The first kappa shape index (κ1) is 12.8. The molecule has 0 radical (unpaired) electrons. The highest BCUT2D eigenvalue weighted by Gasteiger charge is 2.43. The Morgan fingerprint density at radius 3 is 3.33 bits per heavy atom. The molecule has 1 saturated heterocycles. The summed E-state index contributed by atoms with van der Waals surface area (Å²) in [4.78, 5) is 12.9. The molecule has 2 atom stereocenters. The summed E-state index contributed by atoms with van der Waals surface area (Å²) in [5.74, 6) is 1.69. The van der Waals surface area contributed by atoms with Gasteiger partial charge in [0.2, 0.25) is 5.95 Å². The van der Waals surface area contributed by atoms with Crippen molar-refractivity contribution in [2.75, 3.05) is 24.2 Å². The smallest absolute Gasteiger partial charge is 0.224 e. The Balaban J connectivity index is 1.60. The van der Waals surface area contributed by atoms with Gasteiger partial charge in [-0.15, -0.1) is 0 Å². The number of aryl methyl sites for hydroxylation is 1. The lowest BCUT2D eigenvalue weighted by molar-refractivity contribution is 0.00967. The van der Waals surface area contributed by atoms with Crippen molar-refractivity contribution in [3.63, 3.8) is 0 Å². The first-order chi connectivity index (χ1) is 10.2. The number of anilines is 2. The summed E-state index contributed by atoms with van der Waals surface area (Å²) in [6.07, 6.45) is 6.53. The number of hydrogen-bond donors (Lipinski definition) is 2. The molecule has 3 heterocycles. The second kappa shape index (κ2) is 4.56. The van der Waals surface area contributed by atoms with Gasteiger partial charge in [-0.3, -0.25) is 0 Å². The molecule has 2 aromatic heterocycles. The van der Waals surface area contributed by atoms with Crippen LogP contribution in [-0.4, -0.2) is 38.3 Å². The van der Waals surface area contributed by atoms with Crippen LogP contribution in [0.15, 0.2) is 6.33 Å². The lowest BCUT2D eigenvalue weighted by Crippen LogP contribution is -2.38. The first-order valence-corrected chi connectivity index (χ1v) is 7.48. The lowest BCUT2D eigenvalue weighted by Gasteiger charge is -2.31. The molecular weight excluding hydrogens is 268 g/mol. The molecule has 4 rings (SSSR count). The first-order valence-electron chi connectivity index (χ1n) is 7.48. The average molecular weight is 288 g/mol. The van der Waals surface area contributed by atoms with Crippen LogP contribution in [-0.2, 0) is 11.8 Å². The third-order valence-corrected chi connectivity index (χ3v) is 4.69. The fourth-order valence-corrected chi connectivity index (χ4v) is 3.61. The molecule has 1 aliphatic carbocycles. The van der Waals surface area contributed by atoms with Crippen LogP contribution < -0.4 is 11.1 Å². The number of fused-ring (bicyclic) bond motifs is 3. The summed E-state index contributed by atoms with van der Waals surface area (Å²) in [5.41, 5.74) is 7.27. The van der Waals surface area contributed by atoms with Crippen molar-refractivity contribution < 1.29 is 4.74 Å². The topological polar surface area (TPSA) is 90.9 Å². The van der Waals surface area contributed by atoms with Crippen LogP contribution in [0.25, 0.3) is 11.2 Å². The van der Waals surface area contributed by atoms with E-state index in [0.717, 1.165) is 43.1 Å². The van der Waals surface area contributed by atoms with E-state index in [1.165, 1.54) is 12.8 Å². The van der Waals surface area contributed by atoms with E-state index in [-0.39, 0.29) is 11.5 Å². The molecule has 2 unspecified atom stereocenters. The summed E-state index contributed by atoms with van der Waals surface area (Å²) >= 11 is 0. The molecule has 2 aromatic rings. The highest BCUT2D eigenvalue weighted by Crippen LogP contribution is 2.41. The summed E-state index contributed by atoms with van der Waals surface area (Å²) in [6, 6.07) is 0. The zero-order valence-electron chi connectivity index (χ0n) is 12.2. The second-order valence-electron chi connectivity index (χ2n) is 6.27. The summed E-state index contributed by atoms with van der Waals surface area (Å²) in [6.45, 7) is 1.65. The maximum absolute atomic E-state index is 6.07. The van der Waals surface area contributed by atoms with E-state index in [1.807, 2.05) is 11.6 Å². The Morgan fingerprint density at radius 2 is 2.43 bits per heavy atom. The highest BCUT2D eigenvalue weighted by atomic mass is 16.5. The number of aromatic nitrogens is 4. The van der Waals surface area contributed by atoms with E-state index in [1.54, 1.807) is 6.33 Å². The van der Waals surface area contributed by atoms with Crippen LogP contribution in [0.2, 0.25) is 0 Å². The summed E-state index contributed by atoms with van der Waals surface area (Å²) in [7, 11) is 1.90. The van der Waals surface area contributed by atoms with E-state index in [0.29, 0.717) is 5.82 Å². The minimum atomic E-state index is -0.0380. The molecule has 3 N–H and O–H groups in total. The Labute approximate surface area is 122 Å². The number of hydrogen-bond acceptors (Lipinski definition) is 6. The SMILES string of the molecule is Cn1cnc2c(NCC34CCCC(CO3)C4)nc(N)nc21. The molecule has 1 saturated carbocycles. The van der Waals surface area contributed by atoms with E-state index < -0.39 is 0 Å². The van der Waals surface area contributed by atoms with Crippen molar-refractivity contribution >= 4 is 22.9 Å². The molecule has 1 aliphatic heterocycles. The van der Waals surface area contributed by atoms with Crippen LogP contribution >= 0.6 is 0 Å². The fourth-order valence-electron chi connectivity index (χ4n) is 3.61. The summed E-state index contributed by atoms with van der Waals surface area (Å²) in [5, 5.41) is 3.40. The quantitative estimate of drug-likeness (QED) is 0.885. The van der Waals surface area contributed by atoms with Crippen LogP contribution in [0.5, 0.6) is 0 Å². The zero-order valence-corrected chi connectivity index (χ0v) is 12.2. The standard InChI is InChI=1S/C14H20N6O/c1-20-8-17-10-11(18-13(15)19-12(10)20)16-7-14-4-2-3-9(5-14)6-21-14/h8-9H,2-7H2,1H3,(H3,15,16,18,19). The van der Waals surface area contributed by atoms with Gasteiger partial charge in [0.05, 0.1) is 18.5 Å². The predicted molar refractivity (Wildman–Crippen MR) is 79.8 cm³/mol. The van der Waals surface area contributed by atoms with E-state index in [9.17, 15) is 0 Å². The third-order valence-electron chi connectivity index (χ3n) is 4.69. The van der Waals surface area contributed by atoms with Gasteiger partial charge in [-0.25, -0.2) is 4.98 Å². The number of nitrogens with zero attached hydrogens (tertiary/aromatic N) is 4. The molecule has 21 heavy (non-hydrogen) atoms. The van der Waals surface area contributed by atoms with Gasteiger partial charge < -0.3 is 20.4 Å².